The van der Waals surface area contributed by atoms with Crippen LogP contribution in [-0.2, 0) is 15.4 Å². The average molecular weight is 472 g/mol. The quantitative estimate of drug-likeness (QED) is 0.554. The van der Waals surface area contributed by atoms with Crippen molar-refractivity contribution in [2.24, 2.45) is 0 Å². The number of nitrogens with zero attached hydrogens (tertiary/aromatic N) is 1. The summed E-state index contributed by atoms with van der Waals surface area (Å²) in [5.74, 6) is 0.694. The molecule has 8 nitrogen and oxygen atoms in total. The Bertz CT molecular complexity index is 1200. The third-order valence-corrected chi connectivity index (χ3v) is 5.58. The van der Waals surface area contributed by atoms with Gasteiger partial charge in [0.1, 0.15) is 12.0 Å². The van der Waals surface area contributed by atoms with Gasteiger partial charge >= 0.3 is 6.03 Å². The number of nitrogens with one attached hydrogen (secondary N) is 2. The minimum Gasteiger partial charge on any atom is -0.496 e. The molecule has 3 rings (SSSR count). The summed E-state index contributed by atoms with van der Waals surface area (Å²) in [5, 5.41) is 12.1. The zero-order valence-corrected chi connectivity index (χ0v) is 20.1. The van der Waals surface area contributed by atoms with Crippen LogP contribution in [0.15, 0.2) is 48.7 Å². The van der Waals surface area contributed by atoms with Crippen molar-refractivity contribution in [2.45, 2.75) is 32.4 Å². The first kappa shape index (κ1) is 24.3. The average Bonchev–Trinajstić information content (AvgIpc) is 2.71. The molecule has 0 radical (unpaired) electrons. The molecule has 33 heavy (non-hydrogen) atoms. The minimum absolute atomic E-state index is 0.265. The first-order valence-electron chi connectivity index (χ1n) is 10.3. The van der Waals surface area contributed by atoms with Crippen LogP contribution in [0, 0.1) is 0 Å². The third kappa shape index (κ3) is 6.15. The van der Waals surface area contributed by atoms with Gasteiger partial charge in [-0.1, -0.05) is 45.1 Å². The van der Waals surface area contributed by atoms with Crippen LogP contribution in [0.5, 0.6) is 5.75 Å². The van der Waals surface area contributed by atoms with Crippen LogP contribution >= 0.6 is 0 Å². The van der Waals surface area contributed by atoms with Gasteiger partial charge in [0, 0.05) is 23.0 Å². The maximum absolute atomic E-state index is 12.4. The van der Waals surface area contributed by atoms with Crippen LogP contribution < -0.4 is 19.7 Å². The molecule has 2 aromatic carbocycles. The van der Waals surface area contributed by atoms with E-state index in [1.54, 1.807) is 37.6 Å². The van der Waals surface area contributed by atoms with Gasteiger partial charge < -0.3 is 15.2 Å². The van der Waals surface area contributed by atoms with E-state index in [2.05, 4.69) is 30.8 Å². The highest BCUT2D eigenvalue weighted by molar-refractivity contribution is 7.92. The van der Waals surface area contributed by atoms with Crippen LogP contribution in [0.1, 0.15) is 37.5 Å². The van der Waals surface area contributed by atoms with Gasteiger partial charge in [-0.15, -0.1) is 0 Å². The molecule has 0 spiro atoms. The van der Waals surface area contributed by atoms with Crippen LogP contribution in [-0.4, -0.2) is 39.1 Å². The summed E-state index contributed by atoms with van der Waals surface area (Å²) in [7, 11) is -1.73. The number of aliphatic hydroxyl groups excluding tert-OH is 1. The number of hydrogen-bond donors (Lipinski definition) is 3. The fraction of sp³-hybridized carbons (Fsp3) is 0.292. The van der Waals surface area contributed by atoms with E-state index in [1.807, 2.05) is 24.3 Å². The highest BCUT2D eigenvalue weighted by atomic mass is 32.2. The Hall–Kier alpha value is -3.30. The van der Waals surface area contributed by atoms with E-state index in [9.17, 15) is 18.3 Å². The fourth-order valence-corrected chi connectivity index (χ4v) is 3.99. The Labute approximate surface area is 194 Å². The lowest BCUT2D eigenvalue weighted by Gasteiger charge is -2.29. The second-order valence-electron chi connectivity index (χ2n) is 8.80. The number of carbonyl (C=O) groups excluding carboxylic acids is 1. The summed E-state index contributed by atoms with van der Waals surface area (Å²) in [6.45, 7) is 6.18. The lowest BCUT2D eigenvalue weighted by molar-refractivity contribution is 0.178. The van der Waals surface area contributed by atoms with E-state index < -0.39 is 22.3 Å². The summed E-state index contributed by atoms with van der Waals surface area (Å²) >= 11 is 0. The van der Waals surface area contributed by atoms with Crippen molar-refractivity contribution in [3.63, 3.8) is 0 Å². The zero-order chi connectivity index (χ0) is 24.4. The van der Waals surface area contributed by atoms with Crippen molar-refractivity contribution in [2.75, 3.05) is 23.0 Å². The van der Waals surface area contributed by atoms with Gasteiger partial charge in [-0.3, -0.25) is 9.62 Å². The second-order valence-corrected chi connectivity index (χ2v) is 10.5. The van der Waals surface area contributed by atoms with E-state index in [1.165, 1.54) is 11.0 Å². The number of methoxy groups -OCH3 is 1. The number of hydrogen-bond acceptors (Lipinski definition) is 5. The van der Waals surface area contributed by atoms with Gasteiger partial charge in [0.05, 0.1) is 19.1 Å². The standard InChI is InChI=1S/C24H29N3O5S/c1-24(2,3)20-15-19(27-13-12-21(28)25-23(27)29)14-17(22(20)32-4)9-6-16-7-10-18(11-8-16)26-33(5,30)31/h6-15,21,26,28H,1-5H3,(H,25,29)/b9-6+. The summed E-state index contributed by atoms with van der Waals surface area (Å²) in [6.07, 6.45) is 6.88. The molecule has 1 atom stereocenters. The van der Waals surface area contributed by atoms with E-state index in [-0.39, 0.29) is 5.41 Å². The van der Waals surface area contributed by atoms with Gasteiger partial charge in [-0.2, -0.15) is 0 Å². The molecule has 0 bridgehead atoms. The topological polar surface area (TPSA) is 108 Å². The molecule has 0 fully saturated rings. The molecule has 1 aliphatic heterocycles. The van der Waals surface area contributed by atoms with Gasteiger partial charge in [0.2, 0.25) is 10.0 Å². The van der Waals surface area contributed by atoms with Gasteiger partial charge in [0.25, 0.3) is 0 Å². The Kier molecular flexibility index (Phi) is 6.85. The number of carbonyl (C=O) groups is 1. The van der Waals surface area contributed by atoms with Crippen LogP contribution in [0.2, 0.25) is 0 Å². The van der Waals surface area contributed by atoms with E-state index in [0.717, 1.165) is 22.9 Å². The second kappa shape index (κ2) is 9.29. The molecular weight excluding hydrogens is 442 g/mol. The molecule has 3 N–H and O–H groups in total. The molecule has 0 aromatic heterocycles. The van der Waals surface area contributed by atoms with E-state index in [4.69, 9.17) is 4.74 Å². The largest absolute Gasteiger partial charge is 0.496 e. The normalized spacial score (nSPS) is 16.7. The van der Waals surface area contributed by atoms with Crippen molar-refractivity contribution in [3.05, 3.63) is 65.4 Å². The molecule has 0 saturated heterocycles. The van der Waals surface area contributed by atoms with Gasteiger partial charge in [0.15, 0.2) is 0 Å². The minimum atomic E-state index is -3.34. The third-order valence-electron chi connectivity index (χ3n) is 4.97. The summed E-state index contributed by atoms with van der Waals surface area (Å²) in [5.41, 5.74) is 3.40. The number of ether oxygens (including phenoxy) is 1. The Morgan fingerprint density at radius 2 is 1.82 bits per heavy atom. The molecular formula is C24H29N3O5S. The summed E-state index contributed by atoms with van der Waals surface area (Å²) in [6, 6.07) is 10.3. The number of anilines is 2. The number of amides is 2. The number of rotatable bonds is 6. The van der Waals surface area contributed by atoms with Crippen molar-refractivity contribution >= 4 is 39.6 Å². The molecule has 1 aliphatic rings. The molecule has 0 aliphatic carbocycles. The summed E-state index contributed by atoms with van der Waals surface area (Å²) < 4.78 is 31.0. The highest BCUT2D eigenvalue weighted by Crippen LogP contribution is 2.39. The van der Waals surface area contributed by atoms with Crippen LogP contribution in [0.25, 0.3) is 12.2 Å². The van der Waals surface area contributed by atoms with Crippen molar-refractivity contribution in [3.8, 4) is 5.75 Å². The maximum Gasteiger partial charge on any atom is 0.328 e. The first-order valence-corrected chi connectivity index (χ1v) is 12.2. The molecule has 176 valence electrons. The lowest BCUT2D eigenvalue weighted by Crippen LogP contribution is -2.45. The number of benzene rings is 2. The molecule has 2 aromatic rings. The van der Waals surface area contributed by atoms with Crippen molar-refractivity contribution in [1.29, 1.82) is 0 Å². The molecule has 2 amide bonds. The van der Waals surface area contributed by atoms with Gasteiger partial charge in [-0.05, 0) is 41.3 Å². The molecule has 0 saturated carbocycles. The Balaban J connectivity index is 2.03. The monoisotopic (exact) mass is 471 g/mol. The van der Waals surface area contributed by atoms with Gasteiger partial charge in [-0.25, -0.2) is 13.2 Å². The van der Waals surface area contributed by atoms with E-state index >= 15 is 0 Å². The lowest BCUT2D eigenvalue weighted by atomic mass is 9.84. The number of aliphatic hydroxyl groups is 1. The number of sulfonamides is 1. The Morgan fingerprint density at radius 3 is 2.36 bits per heavy atom. The Morgan fingerprint density at radius 1 is 1.15 bits per heavy atom. The predicted molar refractivity (Wildman–Crippen MR) is 132 cm³/mol. The highest BCUT2D eigenvalue weighted by Gasteiger charge is 2.26. The van der Waals surface area contributed by atoms with Crippen molar-refractivity contribution < 1.29 is 23.1 Å². The fourth-order valence-electron chi connectivity index (χ4n) is 3.43. The van der Waals surface area contributed by atoms with Crippen LogP contribution in [0.4, 0.5) is 16.2 Å². The maximum atomic E-state index is 12.4. The van der Waals surface area contributed by atoms with Crippen molar-refractivity contribution in [1.82, 2.24) is 5.32 Å². The first-order chi connectivity index (χ1) is 15.4. The summed E-state index contributed by atoms with van der Waals surface area (Å²) in [4.78, 5) is 13.9. The molecule has 9 heteroatoms. The smallest absolute Gasteiger partial charge is 0.328 e. The van der Waals surface area contributed by atoms with E-state index in [0.29, 0.717) is 17.1 Å². The molecule has 1 heterocycles. The van der Waals surface area contributed by atoms with Crippen LogP contribution in [0.3, 0.4) is 0 Å². The predicted octanol–water partition coefficient (Wildman–Crippen LogP) is 3.90. The zero-order valence-electron chi connectivity index (χ0n) is 19.3. The number of urea groups is 1. The molecule has 1 unspecified atom stereocenters. The SMILES string of the molecule is COc1c(/C=C/c2ccc(NS(C)(=O)=O)cc2)cc(N2C=CC(O)NC2=O)cc1C(C)(C)C.